The van der Waals surface area contributed by atoms with Crippen molar-refractivity contribution in [2.75, 3.05) is 19.6 Å². The summed E-state index contributed by atoms with van der Waals surface area (Å²) in [4.78, 5) is 2.10. The molecule has 0 saturated carbocycles. The van der Waals surface area contributed by atoms with Crippen molar-refractivity contribution in [1.29, 1.82) is 0 Å². The van der Waals surface area contributed by atoms with Crippen LogP contribution in [0.4, 0.5) is 4.39 Å². The number of alkyl halides is 1. The van der Waals surface area contributed by atoms with Gasteiger partial charge in [-0.1, -0.05) is 6.92 Å². The van der Waals surface area contributed by atoms with Crippen LogP contribution in [0.5, 0.6) is 5.75 Å². The van der Waals surface area contributed by atoms with E-state index in [9.17, 15) is 4.39 Å². The predicted octanol–water partition coefficient (Wildman–Crippen LogP) is 1.53. The Balaban J connectivity index is 1.94. The molecule has 1 aliphatic rings. The van der Waals surface area contributed by atoms with Crippen molar-refractivity contribution in [3.05, 3.63) is 11.9 Å². The molecule has 2 atom stereocenters. The Bertz CT molecular complexity index is 342. The lowest BCUT2D eigenvalue weighted by Gasteiger charge is -2.33. The molecule has 1 N–H and O–H groups in total. The van der Waals surface area contributed by atoms with Gasteiger partial charge in [-0.3, -0.25) is 5.10 Å². The van der Waals surface area contributed by atoms with Gasteiger partial charge in [-0.2, -0.15) is 5.10 Å². The summed E-state index contributed by atoms with van der Waals surface area (Å²) >= 11 is 0. The quantitative estimate of drug-likeness (QED) is 0.851. The van der Waals surface area contributed by atoms with Gasteiger partial charge in [-0.05, 0) is 19.9 Å². The molecule has 16 heavy (non-hydrogen) atoms. The van der Waals surface area contributed by atoms with Crippen LogP contribution >= 0.6 is 0 Å². The molecule has 2 rings (SSSR count). The molecule has 5 heteroatoms. The number of aromatic nitrogens is 2. The van der Waals surface area contributed by atoms with Gasteiger partial charge in [0, 0.05) is 13.1 Å². The Hall–Kier alpha value is -1.10. The van der Waals surface area contributed by atoms with Gasteiger partial charge >= 0.3 is 0 Å². The maximum absolute atomic E-state index is 13.8. The monoisotopic (exact) mass is 227 g/mol. The van der Waals surface area contributed by atoms with Crippen molar-refractivity contribution in [3.63, 3.8) is 0 Å². The molecule has 0 unspecified atom stereocenters. The van der Waals surface area contributed by atoms with E-state index in [0.717, 1.165) is 25.2 Å². The highest BCUT2D eigenvalue weighted by atomic mass is 19.1. The first-order chi connectivity index (χ1) is 7.70. The van der Waals surface area contributed by atoms with Gasteiger partial charge < -0.3 is 9.64 Å². The van der Waals surface area contributed by atoms with Crippen molar-refractivity contribution in [3.8, 4) is 5.75 Å². The zero-order valence-corrected chi connectivity index (χ0v) is 9.74. The number of halogens is 1. The molecule has 0 amide bonds. The first kappa shape index (κ1) is 11.4. The molecule has 0 aromatic carbocycles. The van der Waals surface area contributed by atoms with Gasteiger partial charge in [0.25, 0.3) is 0 Å². The number of hydrogen-bond acceptors (Lipinski definition) is 3. The number of piperidine rings is 1. The SMILES string of the molecule is CCN1CC[C@@H](Oc2cn[nH]c2C)[C@@H](F)C1. The van der Waals surface area contributed by atoms with Crippen LogP contribution in [0.15, 0.2) is 6.20 Å². The average molecular weight is 227 g/mol. The molecule has 1 fully saturated rings. The normalized spacial score (nSPS) is 26.9. The fourth-order valence-electron chi connectivity index (χ4n) is 1.99. The average Bonchev–Trinajstić information content (AvgIpc) is 2.67. The summed E-state index contributed by atoms with van der Waals surface area (Å²) in [6, 6.07) is 0. The number of aryl methyl sites for hydroxylation is 1. The molecular formula is C11H18FN3O. The van der Waals surface area contributed by atoms with Gasteiger partial charge in [0.15, 0.2) is 5.75 Å². The highest BCUT2D eigenvalue weighted by Crippen LogP contribution is 2.22. The minimum Gasteiger partial charge on any atom is -0.484 e. The molecule has 0 spiro atoms. The van der Waals surface area contributed by atoms with E-state index in [1.54, 1.807) is 6.20 Å². The van der Waals surface area contributed by atoms with Gasteiger partial charge in [0.05, 0.1) is 11.9 Å². The number of nitrogens with zero attached hydrogens (tertiary/aromatic N) is 2. The highest BCUT2D eigenvalue weighted by Gasteiger charge is 2.30. The second kappa shape index (κ2) is 4.82. The molecule has 0 bridgehead atoms. The first-order valence-corrected chi connectivity index (χ1v) is 5.73. The third kappa shape index (κ3) is 2.35. The summed E-state index contributed by atoms with van der Waals surface area (Å²) in [5.41, 5.74) is 0.852. The summed E-state index contributed by atoms with van der Waals surface area (Å²) < 4.78 is 19.4. The molecule has 1 aromatic heterocycles. The largest absolute Gasteiger partial charge is 0.484 e. The minimum atomic E-state index is -0.914. The maximum Gasteiger partial charge on any atom is 0.160 e. The number of aromatic amines is 1. The molecule has 1 aromatic rings. The van der Waals surface area contributed by atoms with Crippen molar-refractivity contribution in [1.82, 2.24) is 15.1 Å². The number of rotatable bonds is 3. The van der Waals surface area contributed by atoms with Crippen molar-refractivity contribution < 1.29 is 9.13 Å². The van der Waals surface area contributed by atoms with Crippen LogP contribution in [0.2, 0.25) is 0 Å². The van der Waals surface area contributed by atoms with Gasteiger partial charge in [0.1, 0.15) is 12.3 Å². The van der Waals surface area contributed by atoms with Gasteiger partial charge in [0.2, 0.25) is 0 Å². The van der Waals surface area contributed by atoms with Gasteiger partial charge in [-0.15, -0.1) is 0 Å². The number of hydrogen-bond donors (Lipinski definition) is 1. The lowest BCUT2D eigenvalue weighted by molar-refractivity contribution is 0.0236. The number of ether oxygens (including phenoxy) is 1. The van der Waals surface area contributed by atoms with Crippen LogP contribution in [0.25, 0.3) is 0 Å². The summed E-state index contributed by atoms with van der Waals surface area (Å²) in [7, 11) is 0. The topological polar surface area (TPSA) is 41.1 Å². The molecule has 1 aliphatic heterocycles. The van der Waals surface area contributed by atoms with Gasteiger partial charge in [-0.25, -0.2) is 4.39 Å². The standard InChI is InChI=1S/C11H18FN3O/c1-3-15-5-4-10(9(12)7-15)16-11-6-13-14-8(11)2/h6,9-10H,3-5,7H2,1-2H3,(H,13,14)/t9-,10+/m0/s1. The lowest BCUT2D eigenvalue weighted by Crippen LogP contribution is -2.46. The second-order valence-electron chi connectivity index (χ2n) is 4.21. The molecule has 0 aliphatic carbocycles. The molecular weight excluding hydrogens is 209 g/mol. The number of nitrogens with one attached hydrogen (secondary N) is 1. The Kier molecular flexibility index (Phi) is 3.43. The van der Waals surface area contributed by atoms with Crippen LogP contribution in [-0.4, -0.2) is 47.0 Å². The minimum absolute atomic E-state index is 0.334. The van der Waals surface area contributed by atoms with E-state index < -0.39 is 6.17 Å². The summed E-state index contributed by atoms with van der Waals surface area (Å²) in [5, 5.41) is 6.65. The van der Waals surface area contributed by atoms with E-state index in [-0.39, 0.29) is 6.10 Å². The van der Waals surface area contributed by atoms with Crippen LogP contribution in [0.3, 0.4) is 0 Å². The number of likely N-dealkylation sites (tertiary alicyclic amines) is 1. The van der Waals surface area contributed by atoms with Crippen LogP contribution in [0.1, 0.15) is 19.0 Å². The smallest absolute Gasteiger partial charge is 0.160 e. The second-order valence-corrected chi connectivity index (χ2v) is 4.21. The summed E-state index contributed by atoms with van der Waals surface area (Å²) in [6.45, 7) is 6.19. The molecule has 2 heterocycles. The van der Waals surface area contributed by atoms with E-state index in [1.165, 1.54) is 0 Å². The van der Waals surface area contributed by atoms with Crippen molar-refractivity contribution >= 4 is 0 Å². The highest BCUT2D eigenvalue weighted by molar-refractivity contribution is 5.22. The summed E-state index contributed by atoms with van der Waals surface area (Å²) in [5.74, 6) is 0.664. The Morgan fingerprint density at radius 3 is 3.06 bits per heavy atom. The van der Waals surface area contributed by atoms with E-state index in [2.05, 4.69) is 15.1 Å². The van der Waals surface area contributed by atoms with Crippen LogP contribution in [-0.2, 0) is 0 Å². The lowest BCUT2D eigenvalue weighted by atomic mass is 10.1. The fraction of sp³-hybridized carbons (Fsp3) is 0.727. The maximum atomic E-state index is 13.8. The molecule has 90 valence electrons. The fourth-order valence-corrected chi connectivity index (χ4v) is 1.99. The molecule has 0 radical (unpaired) electrons. The van der Waals surface area contributed by atoms with E-state index >= 15 is 0 Å². The van der Waals surface area contributed by atoms with Crippen LogP contribution in [0, 0.1) is 6.92 Å². The van der Waals surface area contributed by atoms with E-state index in [0.29, 0.717) is 12.3 Å². The first-order valence-electron chi connectivity index (χ1n) is 5.73. The molecule has 1 saturated heterocycles. The van der Waals surface area contributed by atoms with E-state index in [4.69, 9.17) is 4.74 Å². The molecule has 4 nitrogen and oxygen atoms in total. The van der Waals surface area contributed by atoms with Crippen molar-refractivity contribution in [2.24, 2.45) is 0 Å². The van der Waals surface area contributed by atoms with E-state index in [1.807, 2.05) is 13.8 Å². The third-order valence-corrected chi connectivity index (χ3v) is 3.08. The van der Waals surface area contributed by atoms with Crippen LogP contribution < -0.4 is 4.74 Å². The Labute approximate surface area is 94.8 Å². The Morgan fingerprint density at radius 1 is 1.69 bits per heavy atom. The van der Waals surface area contributed by atoms with Crippen molar-refractivity contribution in [2.45, 2.75) is 32.5 Å². The predicted molar refractivity (Wildman–Crippen MR) is 59.4 cm³/mol. The summed E-state index contributed by atoms with van der Waals surface area (Å²) in [6.07, 6.45) is 1.09. The third-order valence-electron chi connectivity index (χ3n) is 3.08. The zero-order chi connectivity index (χ0) is 11.5. The zero-order valence-electron chi connectivity index (χ0n) is 9.74. The number of H-pyrrole nitrogens is 1. The Morgan fingerprint density at radius 2 is 2.50 bits per heavy atom.